The second-order valence-corrected chi connectivity index (χ2v) is 9.62. The molecule has 0 spiro atoms. The number of methoxy groups -OCH3 is 1. The predicted octanol–water partition coefficient (Wildman–Crippen LogP) is 4.20. The minimum atomic E-state index is -1.16. The fraction of sp³-hybridized carbons (Fsp3) is 0.321. The zero-order valence-electron chi connectivity index (χ0n) is 22.1. The van der Waals surface area contributed by atoms with Crippen LogP contribution in [-0.4, -0.2) is 45.4 Å². The number of hydrogen-bond acceptors (Lipinski definition) is 7. The van der Waals surface area contributed by atoms with E-state index in [1.807, 2.05) is 39.0 Å². The third kappa shape index (κ3) is 5.59. The van der Waals surface area contributed by atoms with Crippen molar-refractivity contribution in [3.05, 3.63) is 77.7 Å². The number of nitrogens with one attached hydrogen (secondary N) is 1. The van der Waals surface area contributed by atoms with Gasteiger partial charge in [0, 0.05) is 11.2 Å². The van der Waals surface area contributed by atoms with Crippen molar-refractivity contribution in [2.75, 3.05) is 12.0 Å². The number of fused-ring (bicyclic) bond motifs is 1. The van der Waals surface area contributed by atoms with E-state index in [9.17, 15) is 14.4 Å². The lowest BCUT2D eigenvalue weighted by Gasteiger charge is -2.33. The molecule has 2 aromatic carbocycles. The van der Waals surface area contributed by atoms with Gasteiger partial charge < -0.3 is 14.5 Å². The summed E-state index contributed by atoms with van der Waals surface area (Å²) in [5.74, 6) is -0.571. The average Bonchev–Trinajstić information content (AvgIpc) is 3.52. The number of benzene rings is 2. The number of furan rings is 1. The first-order valence-corrected chi connectivity index (χ1v) is 12.3. The van der Waals surface area contributed by atoms with Gasteiger partial charge in [0.25, 0.3) is 5.91 Å². The van der Waals surface area contributed by atoms with Crippen LogP contribution < -0.4 is 10.2 Å². The zero-order chi connectivity index (χ0) is 27.4. The normalized spacial score (nSPS) is 12.2. The summed E-state index contributed by atoms with van der Waals surface area (Å²) in [6, 6.07) is 15.9. The fourth-order valence-electron chi connectivity index (χ4n) is 4.04. The Morgan fingerprint density at radius 1 is 1.11 bits per heavy atom. The number of rotatable bonds is 9. The van der Waals surface area contributed by atoms with Gasteiger partial charge in [-0.25, -0.2) is 9.48 Å². The summed E-state index contributed by atoms with van der Waals surface area (Å²) in [6.45, 7) is 7.33. The number of hydrogen-bond donors (Lipinski definition) is 1. The zero-order valence-corrected chi connectivity index (χ0v) is 22.1. The molecule has 2 heterocycles. The van der Waals surface area contributed by atoms with E-state index in [0.717, 1.165) is 0 Å². The Morgan fingerprint density at radius 2 is 1.87 bits per heavy atom. The van der Waals surface area contributed by atoms with E-state index in [4.69, 9.17) is 9.15 Å². The lowest BCUT2D eigenvalue weighted by Crippen LogP contribution is -2.51. The number of aromatic nitrogens is 3. The first-order valence-electron chi connectivity index (χ1n) is 12.3. The van der Waals surface area contributed by atoms with Crippen LogP contribution in [0, 0.1) is 6.92 Å². The molecule has 0 fully saturated rings. The van der Waals surface area contributed by atoms with Crippen molar-refractivity contribution in [3.63, 3.8) is 0 Å². The minimum absolute atomic E-state index is 0.205. The largest absolute Gasteiger partial charge is 0.465 e. The second kappa shape index (κ2) is 10.9. The van der Waals surface area contributed by atoms with Gasteiger partial charge in [0.2, 0.25) is 5.91 Å². The molecule has 4 rings (SSSR count). The van der Waals surface area contributed by atoms with Crippen LogP contribution in [0.25, 0.3) is 11.0 Å². The number of ether oxygens (including phenoxy) is 1. The topological polar surface area (TPSA) is 120 Å². The van der Waals surface area contributed by atoms with Crippen molar-refractivity contribution >= 4 is 34.5 Å². The Kier molecular flexibility index (Phi) is 7.61. The molecule has 0 bridgehead atoms. The summed E-state index contributed by atoms with van der Waals surface area (Å²) >= 11 is 0. The van der Waals surface area contributed by atoms with Gasteiger partial charge in [-0.05, 0) is 69.7 Å². The Balaban J connectivity index is 1.84. The van der Waals surface area contributed by atoms with Crippen LogP contribution in [0.2, 0.25) is 0 Å². The van der Waals surface area contributed by atoms with Crippen LogP contribution >= 0.6 is 0 Å². The van der Waals surface area contributed by atoms with Crippen molar-refractivity contribution < 1.29 is 23.5 Å². The molecular formula is C28H31N5O5. The van der Waals surface area contributed by atoms with Gasteiger partial charge in [-0.1, -0.05) is 30.3 Å². The van der Waals surface area contributed by atoms with Crippen molar-refractivity contribution in [3.8, 4) is 0 Å². The maximum absolute atomic E-state index is 14.1. The smallest absolute Gasteiger partial charge is 0.337 e. The highest BCUT2D eigenvalue weighted by Crippen LogP contribution is 2.31. The van der Waals surface area contributed by atoms with Gasteiger partial charge in [-0.3, -0.25) is 14.5 Å². The van der Waals surface area contributed by atoms with Gasteiger partial charge in [-0.15, -0.1) is 5.10 Å². The molecule has 10 nitrogen and oxygen atoms in total. The molecule has 10 heteroatoms. The van der Waals surface area contributed by atoms with E-state index in [-0.39, 0.29) is 17.9 Å². The second-order valence-electron chi connectivity index (χ2n) is 9.62. The molecule has 0 saturated heterocycles. The van der Waals surface area contributed by atoms with E-state index < -0.39 is 29.4 Å². The lowest BCUT2D eigenvalue weighted by atomic mass is 10.0. The molecule has 1 N–H and O–H groups in total. The third-order valence-corrected chi connectivity index (χ3v) is 6.40. The number of aryl methyl sites for hydroxylation is 1. The summed E-state index contributed by atoms with van der Waals surface area (Å²) in [7, 11) is 1.28. The quantitative estimate of drug-likeness (QED) is 0.331. The molecule has 0 radical (unpaired) electrons. The fourth-order valence-corrected chi connectivity index (χ4v) is 4.04. The summed E-state index contributed by atoms with van der Waals surface area (Å²) in [5.41, 5.74) is 1.33. The highest BCUT2D eigenvalue weighted by Gasteiger charge is 2.37. The molecule has 0 unspecified atom stereocenters. The molecule has 0 aliphatic carbocycles. The van der Waals surface area contributed by atoms with E-state index >= 15 is 0 Å². The lowest BCUT2D eigenvalue weighted by molar-refractivity contribution is -0.128. The maximum Gasteiger partial charge on any atom is 0.337 e. The standard InChI is InChI=1S/C28H31N5O5/c1-6-28(3,4)29-26(35)25(23-15-14-18(2)38-23)33(20-11-9-10-19(16-20)27(36)37-5)24(34)17-32-22-13-8-7-12-21(22)30-31-32/h7-16,25H,6,17H2,1-5H3,(H,29,35)/t25-/m0/s1. The number of carbonyl (C=O) groups excluding carboxylic acids is 3. The summed E-state index contributed by atoms with van der Waals surface area (Å²) in [5, 5.41) is 11.3. The summed E-state index contributed by atoms with van der Waals surface area (Å²) < 4.78 is 12.2. The van der Waals surface area contributed by atoms with Crippen LogP contribution in [-0.2, 0) is 20.9 Å². The van der Waals surface area contributed by atoms with Gasteiger partial charge >= 0.3 is 5.97 Å². The van der Waals surface area contributed by atoms with Crippen molar-refractivity contribution in [1.82, 2.24) is 20.3 Å². The van der Waals surface area contributed by atoms with Crippen LogP contribution in [0.5, 0.6) is 0 Å². The SMILES string of the molecule is CCC(C)(C)NC(=O)[C@H](c1ccc(C)o1)N(C(=O)Cn1nnc2ccccc21)c1cccc(C(=O)OC)c1. The molecule has 0 aliphatic heterocycles. The number of carbonyl (C=O) groups is 3. The van der Waals surface area contributed by atoms with Gasteiger partial charge in [0.1, 0.15) is 23.6 Å². The van der Waals surface area contributed by atoms with Gasteiger partial charge in [-0.2, -0.15) is 0 Å². The predicted molar refractivity (Wildman–Crippen MR) is 141 cm³/mol. The van der Waals surface area contributed by atoms with Crippen molar-refractivity contribution in [2.45, 2.75) is 52.2 Å². The summed E-state index contributed by atoms with van der Waals surface area (Å²) in [4.78, 5) is 41.6. The van der Waals surface area contributed by atoms with E-state index in [1.54, 1.807) is 43.3 Å². The van der Waals surface area contributed by atoms with Gasteiger partial charge in [0.05, 0.1) is 18.2 Å². The number of amides is 2. The number of para-hydroxylation sites is 1. The van der Waals surface area contributed by atoms with Crippen molar-refractivity contribution in [1.29, 1.82) is 0 Å². The molecule has 4 aromatic rings. The van der Waals surface area contributed by atoms with E-state index in [1.165, 1.54) is 22.8 Å². The van der Waals surface area contributed by atoms with Crippen LogP contribution in [0.4, 0.5) is 5.69 Å². The highest BCUT2D eigenvalue weighted by atomic mass is 16.5. The Morgan fingerprint density at radius 3 is 2.55 bits per heavy atom. The molecule has 2 amide bonds. The molecular weight excluding hydrogens is 486 g/mol. The van der Waals surface area contributed by atoms with Crippen LogP contribution in [0.1, 0.15) is 55.1 Å². The molecule has 38 heavy (non-hydrogen) atoms. The maximum atomic E-state index is 14.1. The monoisotopic (exact) mass is 517 g/mol. The first kappa shape index (κ1) is 26.6. The highest BCUT2D eigenvalue weighted by molar-refractivity contribution is 6.02. The Hall–Kier alpha value is -4.47. The summed E-state index contributed by atoms with van der Waals surface area (Å²) in [6.07, 6.45) is 0.666. The number of nitrogens with zero attached hydrogens (tertiary/aromatic N) is 4. The molecule has 2 aromatic heterocycles. The van der Waals surface area contributed by atoms with Gasteiger partial charge in [0.15, 0.2) is 6.04 Å². The van der Waals surface area contributed by atoms with Crippen LogP contribution in [0.15, 0.2) is 65.1 Å². The minimum Gasteiger partial charge on any atom is -0.465 e. The number of anilines is 1. The molecule has 198 valence electrons. The number of esters is 1. The first-order chi connectivity index (χ1) is 18.1. The van der Waals surface area contributed by atoms with E-state index in [2.05, 4.69) is 15.6 Å². The molecule has 1 atom stereocenters. The Bertz CT molecular complexity index is 1470. The van der Waals surface area contributed by atoms with Crippen LogP contribution in [0.3, 0.4) is 0 Å². The third-order valence-electron chi connectivity index (χ3n) is 6.40. The van der Waals surface area contributed by atoms with Crippen molar-refractivity contribution in [2.24, 2.45) is 0 Å². The molecule has 0 aliphatic rings. The van der Waals surface area contributed by atoms with E-state index in [0.29, 0.717) is 28.9 Å². The molecule has 0 saturated carbocycles. The Labute approximate surface area is 220 Å². The average molecular weight is 518 g/mol.